The molecule has 1 aromatic carbocycles. The molecular weight excluding hydrogens is 356 g/mol. The molecule has 2 aliphatic rings. The maximum atomic E-state index is 6.39. The second kappa shape index (κ2) is 5.94. The summed E-state index contributed by atoms with van der Waals surface area (Å²) in [5.41, 5.74) is 2.74. The Bertz CT molecular complexity index is 630. The number of hydrogen-bond donors (Lipinski definition) is 1. The van der Waals surface area contributed by atoms with Crippen molar-refractivity contribution in [3.05, 3.63) is 21.1 Å². The average molecular weight is 372 g/mol. The molecule has 0 aliphatic carbocycles. The molecule has 0 spiro atoms. The minimum Gasteiger partial charge on any atom is -0.445 e. The third-order valence-corrected chi connectivity index (χ3v) is 4.78. The highest BCUT2D eigenvalue weighted by Crippen LogP contribution is 2.42. The average Bonchev–Trinajstić information content (AvgIpc) is 2.63. The largest absolute Gasteiger partial charge is 0.445 e. The third-order valence-electron chi connectivity index (χ3n) is 3.53. The number of ether oxygens (including phenoxy) is 1. The molecule has 1 atom stereocenters. The molecule has 21 heavy (non-hydrogen) atoms. The summed E-state index contributed by atoms with van der Waals surface area (Å²) in [7, 11) is 4.10. The van der Waals surface area contributed by atoms with Crippen LogP contribution in [0.4, 0.5) is 5.69 Å². The van der Waals surface area contributed by atoms with Crippen molar-refractivity contribution in [2.45, 2.75) is 12.5 Å². The quantitative estimate of drug-likeness (QED) is 0.888. The molecule has 7 heteroatoms. The number of aliphatic imine (C=N–C) groups is 2. The molecule has 5 nitrogen and oxygen atoms in total. The smallest absolute Gasteiger partial charge is 0.177 e. The first-order valence-electron chi connectivity index (χ1n) is 6.71. The van der Waals surface area contributed by atoms with E-state index < -0.39 is 0 Å². The van der Waals surface area contributed by atoms with Gasteiger partial charge in [0.2, 0.25) is 0 Å². The van der Waals surface area contributed by atoms with Gasteiger partial charge in [-0.3, -0.25) is 4.99 Å². The van der Waals surface area contributed by atoms with Crippen LogP contribution in [0.5, 0.6) is 5.75 Å². The van der Waals surface area contributed by atoms with Gasteiger partial charge >= 0.3 is 0 Å². The molecule has 2 aliphatic heterocycles. The molecule has 0 saturated carbocycles. The third kappa shape index (κ3) is 2.80. The Kier molecular flexibility index (Phi) is 4.19. The number of rotatable bonds is 3. The Labute approximate surface area is 137 Å². The summed E-state index contributed by atoms with van der Waals surface area (Å²) in [5.74, 6) is 0.725. The van der Waals surface area contributed by atoms with Gasteiger partial charge in [0, 0.05) is 4.47 Å². The highest BCUT2D eigenvalue weighted by atomic mass is 79.9. The normalized spacial score (nSPS) is 19.5. The summed E-state index contributed by atoms with van der Waals surface area (Å²) in [5, 5.41) is 3.88. The first kappa shape index (κ1) is 14.8. The minimum absolute atomic E-state index is 0.00765. The Morgan fingerprint density at radius 2 is 2.33 bits per heavy atom. The van der Waals surface area contributed by atoms with Crippen LogP contribution in [0.3, 0.4) is 0 Å². The summed E-state index contributed by atoms with van der Waals surface area (Å²) in [6.07, 6.45) is 2.40. The zero-order chi connectivity index (χ0) is 15.0. The van der Waals surface area contributed by atoms with E-state index in [2.05, 4.69) is 50.2 Å². The number of nitrogens with one attached hydrogen (secondary N) is 1. The van der Waals surface area contributed by atoms with E-state index in [-0.39, 0.29) is 6.04 Å². The fourth-order valence-corrected chi connectivity index (χ4v) is 3.12. The molecule has 112 valence electrons. The molecule has 1 aromatic rings. The van der Waals surface area contributed by atoms with E-state index in [9.17, 15) is 0 Å². The van der Waals surface area contributed by atoms with Crippen LogP contribution >= 0.6 is 27.5 Å². The predicted molar refractivity (Wildman–Crippen MR) is 90.3 cm³/mol. The van der Waals surface area contributed by atoms with Crippen molar-refractivity contribution in [1.82, 2.24) is 4.90 Å². The van der Waals surface area contributed by atoms with E-state index >= 15 is 0 Å². The lowest BCUT2D eigenvalue weighted by Crippen LogP contribution is -2.28. The fourth-order valence-electron chi connectivity index (χ4n) is 2.49. The summed E-state index contributed by atoms with van der Waals surface area (Å²) < 4.78 is 6.45. The van der Waals surface area contributed by atoms with Crippen molar-refractivity contribution in [2.24, 2.45) is 9.98 Å². The number of hydrogen-bond acceptors (Lipinski definition) is 5. The van der Waals surface area contributed by atoms with Gasteiger partial charge in [0.15, 0.2) is 6.40 Å². The van der Waals surface area contributed by atoms with Crippen molar-refractivity contribution in [3.8, 4) is 5.75 Å². The number of anilines is 1. The molecule has 0 aromatic heterocycles. The minimum atomic E-state index is -0.00765. The fraction of sp³-hybridized carbons (Fsp3) is 0.429. The molecule has 1 unspecified atom stereocenters. The van der Waals surface area contributed by atoms with Crippen molar-refractivity contribution in [2.75, 3.05) is 32.6 Å². The van der Waals surface area contributed by atoms with Crippen molar-refractivity contribution >= 4 is 45.3 Å². The molecular formula is C14H16BrClN4O. The maximum absolute atomic E-state index is 6.39. The van der Waals surface area contributed by atoms with Gasteiger partial charge in [-0.2, -0.15) is 0 Å². The molecule has 1 N–H and O–H groups in total. The van der Waals surface area contributed by atoms with E-state index in [0.717, 1.165) is 40.2 Å². The topological polar surface area (TPSA) is 49.2 Å². The highest BCUT2D eigenvalue weighted by molar-refractivity contribution is 9.10. The lowest BCUT2D eigenvalue weighted by molar-refractivity contribution is 0.395. The van der Waals surface area contributed by atoms with Gasteiger partial charge in [0.1, 0.15) is 12.4 Å². The van der Waals surface area contributed by atoms with Crippen LogP contribution in [0.15, 0.2) is 20.5 Å². The summed E-state index contributed by atoms with van der Waals surface area (Å²) in [6, 6.07) is 1.86. The molecule has 0 amide bonds. The van der Waals surface area contributed by atoms with E-state index in [0.29, 0.717) is 11.7 Å². The van der Waals surface area contributed by atoms with Crippen molar-refractivity contribution in [3.63, 3.8) is 0 Å². The van der Waals surface area contributed by atoms with Crippen molar-refractivity contribution in [1.29, 1.82) is 0 Å². The van der Waals surface area contributed by atoms with Crippen LogP contribution in [0, 0.1) is 0 Å². The van der Waals surface area contributed by atoms with Gasteiger partial charge in [-0.1, -0.05) is 11.6 Å². The van der Waals surface area contributed by atoms with Crippen LogP contribution in [0.25, 0.3) is 0 Å². The molecule has 0 fully saturated rings. The van der Waals surface area contributed by atoms with Crippen LogP contribution < -0.4 is 10.1 Å². The first-order chi connectivity index (χ1) is 10.1. The van der Waals surface area contributed by atoms with Gasteiger partial charge in [0.05, 0.1) is 28.0 Å². The monoisotopic (exact) mass is 370 g/mol. The summed E-state index contributed by atoms with van der Waals surface area (Å²) >= 11 is 9.85. The van der Waals surface area contributed by atoms with Crippen LogP contribution in [0.1, 0.15) is 12.0 Å². The Balaban J connectivity index is 2.05. The Morgan fingerprint density at radius 3 is 3.10 bits per heavy atom. The lowest BCUT2D eigenvalue weighted by Gasteiger charge is -2.24. The van der Waals surface area contributed by atoms with Gasteiger partial charge in [-0.15, -0.1) is 0 Å². The second-order valence-electron chi connectivity index (χ2n) is 5.28. The number of benzene rings is 1. The molecule has 0 radical (unpaired) electrons. The Hall–Kier alpha value is -1.11. The summed E-state index contributed by atoms with van der Waals surface area (Å²) in [6.45, 7) is 1.44. The van der Waals surface area contributed by atoms with E-state index in [4.69, 9.17) is 16.3 Å². The lowest BCUT2D eigenvalue weighted by atomic mass is 9.97. The highest BCUT2D eigenvalue weighted by Gasteiger charge is 2.30. The van der Waals surface area contributed by atoms with Gasteiger partial charge < -0.3 is 15.0 Å². The standard InChI is InChI=1S/C14H16BrClN4O/c1-20(2)4-3-9-13-11-10(21-7-19-9)5-8(15)12(16)14(11)18-6-17-13/h5,7,9,18H,3-4,6H2,1-2H3. The number of halogens is 2. The van der Waals surface area contributed by atoms with Gasteiger partial charge in [-0.05, 0) is 49.1 Å². The zero-order valence-electron chi connectivity index (χ0n) is 11.9. The van der Waals surface area contributed by atoms with E-state index in [1.54, 1.807) is 0 Å². The van der Waals surface area contributed by atoms with Crippen LogP contribution in [-0.4, -0.2) is 50.4 Å². The van der Waals surface area contributed by atoms with Crippen molar-refractivity contribution < 1.29 is 4.74 Å². The first-order valence-corrected chi connectivity index (χ1v) is 7.88. The molecule has 2 heterocycles. The van der Waals surface area contributed by atoms with Crippen LogP contribution in [-0.2, 0) is 0 Å². The molecule has 3 rings (SSSR count). The predicted octanol–water partition coefficient (Wildman–Crippen LogP) is 3.02. The molecule has 0 saturated heterocycles. The van der Waals surface area contributed by atoms with Gasteiger partial charge in [0.25, 0.3) is 0 Å². The molecule has 0 bridgehead atoms. The van der Waals surface area contributed by atoms with Gasteiger partial charge in [-0.25, -0.2) is 4.99 Å². The van der Waals surface area contributed by atoms with E-state index in [1.807, 2.05) is 6.07 Å². The van der Waals surface area contributed by atoms with E-state index in [1.165, 1.54) is 6.40 Å². The maximum Gasteiger partial charge on any atom is 0.177 e. The Morgan fingerprint density at radius 1 is 1.52 bits per heavy atom. The SMILES string of the molecule is CN(C)CCC1N=COc2cc(Br)c(Cl)c3c2C1=NCN3. The van der Waals surface area contributed by atoms with Crippen LogP contribution in [0.2, 0.25) is 5.02 Å². The zero-order valence-corrected chi connectivity index (χ0v) is 14.2. The number of nitrogens with zero attached hydrogens (tertiary/aromatic N) is 3. The summed E-state index contributed by atoms with van der Waals surface area (Å²) in [4.78, 5) is 11.3. The second-order valence-corrected chi connectivity index (χ2v) is 6.51.